The molecule has 21 heavy (non-hydrogen) atoms. The fraction of sp³-hybridized carbons (Fsp3) is 0.706. The van der Waals surface area contributed by atoms with Crippen LogP contribution in [0.2, 0.25) is 0 Å². The number of carbonyl (C=O) groups excluding carboxylic acids is 1. The van der Waals surface area contributed by atoms with Gasteiger partial charge in [0.15, 0.2) is 0 Å². The molecule has 1 aromatic heterocycles. The number of hydrogen-bond donors (Lipinski definition) is 1. The van der Waals surface area contributed by atoms with Crippen LogP contribution in [0.4, 0.5) is 0 Å². The van der Waals surface area contributed by atoms with Crippen LogP contribution in [0.15, 0.2) is 18.3 Å². The second kappa shape index (κ2) is 6.65. The van der Waals surface area contributed by atoms with Gasteiger partial charge in [0.1, 0.15) is 5.69 Å². The number of rotatable bonds is 6. The van der Waals surface area contributed by atoms with E-state index in [0.717, 1.165) is 31.7 Å². The number of carbonyl (C=O) groups is 1. The Bertz CT molecular complexity index is 472. The van der Waals surface area contributed by atoms with Crippen molar-refractivity contribution in [2.45, 2.75) is 57.5 Å². The van der Waals surface area contributed by atoms with E-state index in [4.69, 9.17) is 0 Å². The van der Waals surface area contributed by atoms with E-state index in [9.17, 15) is 4.79 Å². The first-order chi connectivity index (χ1) is 10.3. The zero-order valence-electron chi connectivity index (χ0n) is 13.1. The molecule has 1 saturated heterocycles. The maximum absolute atomic E-state index is 12.9. The van der Waals surface area contributed by atoms with Gasteiger partial charge in [-0.2, -0.15) is 0 Å². The van der Waals surface area contributed by atoms with Gasteiger partial charge in [0.2, 0.25) is 0 Å². The van der Waals surface area contributed by atoms with Gasteiger partial charge in [-0.25, -0.2) is 0 Å². The average Bonchev–Trinajstić information content (AvgIpc) is 3.24. The smallest absolute Gasteiger partial charge is 0.270 e. The summed E-state index contributed by atoms with van der Waals surface area (Å²) >= 11 is 0. The standard InChI is InChI=1S/C17H27N3O/c1-2-11-19(13-14-6-3-4-10-18-14)17(21)16-7-5-12-20(16)15-8-9-15/h5,7,12,14-15,18H,2-4,6,8-11,13H2,1H3. The van der Waals surface area contributed by atoms with E-state index < -0.39 is 0 Å². The van der Waals surface area contributed by atoms with Crippen molar-refractivity contribution in [3.8, 4) is 0 Å². The minimum Gasteiger partial charge on any atom is -0.340 e. The Hall–Kier alpha value is -1.29. The largest absolute Gasteiger partial charge is 0.340 e. The Kier molecular flexibility index (Phi) is 4.63. The maximum Gasteiger partial charge on any atom is 0.270 e. The topological polar surface area (TPSA) is 37.3 Å². The molecular formula is C17H27N3O. The highest BCUT2D eigenvalue weighted by Gasteiger charge is 2.29. The zero-order valence-corrected chi connectivity index (χ0v) is 13.1. The van der Waals surface area contributed by atoms with Gasteiger partial charge >= 0.3 is 0 Å². The number of amides is 1. The van der Waals surface area contributed by atoms with Crippen LogP contribution >= 0.6 is 0 Å². The highest BCUT2D eigenvalue weighted by Crippen LogP contribution is 2.36. The van der Waals surface area contributed by atoms with E-state index in [0.29, 0.717) is 12.1 Å². The summed E-state index contributed by atoms with van der Waals surface area (Å²) in [6, 6.07) is 5.03. The molecule has 0 spiro atoms. The molecule has 4 heteroatoms. The Balaban J connectivity index is 1.69. The Morgan fingerprint density at radius 2 is 2.24 bits per heavy atom. The molecule has 1 saturated carbocycles. The lowest BCUT2D eigenvalue weighted by atomic mass is 10.0. The molecule has 2 heterocycles. The number of piperidine rings is 1. The molecule has 2 fully saturated rings. The van der Waals surface area contributed by atoms with Crippen LogP contribution < -0.4 is 5.32 Å². The minimum absolute atomic E-state index is 0.209. The van der Waals surface area contributed by atoms with Crippen molar-refractivity contribution in [2.75, 3.05) is 19.6 Å². The monoisotopic (exact) mass is 289 g/mol. The highest BCUT2D eigenvalue weighted by molar-refractivity contribution is 5.93. The van der Waals surface area contributed by atoms with Gasteiger partial charge in [0, 0.05) is 31.4 Å². The molecule has 1 aromatic rings. The van der Waals surface area contributed by atoms with E-state index in [1.807, 2.05) is 12.1 Å². The molecule has 4 nitrogen and oxygen atoms in total. The highest BCUT2D eigenvalue weighted by atomic mass is 16.2. The van der Waals surface area contributed by atoms with Crippen molar-refractivity contribution >= 4 is 5.91 Å². The normalized spacial score (nSPS) is 22.2. The van der Waals surface area contributed by atoms with Crippen LogP contribution in [0, 0.1) is 0 Å². The van der Waals surface area contributed by atoms with Gasteiger partial charge in [0.25, 0.3) is 5.91 Å². The summed E-state index contributed by atoms with van der Waals surface area (Å²) in [5, 5.41) is 3.56. The van der Waals surface area contributed by atoms with Crippen molar-refractivity contribution in [3.05, 3.63) is 24.0 Å². The van der Waals surface area contributed by atoms with E-state index in [-0.39, 0.29) is 5.91 Å². The summed E-state index contributed by atoms with van der Waals surface area (Å²) in [6.07, 6.45) is 9.25. The fourth-order valence-corrected chi connectivity index (χ4v) is 3.30. The second-order valence-electron chi connectivity index (χ2n) is 6.43. The van der Waals surface area contributed by atoms with Gasteiger partial charge in [-0.3, -0.25) is 4.79 Å². The molecule has 1 atom stereocenters. The third-order valence-corrected chi connectivity index (χ3v) is 4.57. The van der Waals surface area contributed by atoms with Crippen LogP contribution in [-0.4, -0.2) is 41.1 Å². The van der Waals surface area contributed by atoms with Crippen LogP contribution in [0.1, 0.15) is 62.0 Å². The van der Waals surface area contributed by atoms with Gasteiger partial charge in [-0.1, -0.05) is 13.3 Å². The van der Waals surface area contributed by atoms with Gasteiger partial charge in [0.05, 0.1) is 0 Å². The van der Waals surface area contributed by atoms with Crippen molar-refractivity contribution in [1.29, 1.82) is 0 Å². The van der Waals surface area contributed by atoms with E-state index >= 15 is 0 Å². The van der Waals surface area contributed by atoms with Gasteiger partial charge in [-0.15, -0.1) is 0 Å². The van der Waals surface area contributed by atoms with E-state index in [2.05, 4.69) is 27.9 Å². The number of aromatic nitrogens is 1. The predicted octanol–water partition coefficient (Wildman–Crippen LogP) is 2.82. The lowest BCUT2D eigenvalue weighted by Crippen LogP contribution is -2.46. The molecule has 3 rings (SSSR count). The molecule has 2 aliphatic rings. The molecule has 0 radical (unpaired) electrons. The molecule has 0 aromatic carbocycles. The molecule has 0 bridgehead atoms. The maximum atomic E-state index is 12.9. The molecule has 116 valence electrons. The van der Waals surface area contributed by atoms with Crippen molar-refractivity contribution in [2.24, 2.45) is 0 Å². The molecule has 1 unspecified atom stereocenters. The summed E-state index contributed by atoms with van der Waals surface area (Å²) in [7, 11) is 0. The molecule has 1 amide bonds. The van der Waals surface area contributed by atoms with Crippen LogP contribution in [0.5, 0.6) is 0 Å². The first-order valence-electron chi connectivity index (χ1n) is 8.49. The average molecular weight is 289 g/mol. The van der Waals surface area contributed by atoms with Crippen molar-refractivity contribution < 1.29 is 4.79 Å². The summed E-state index contributed by atoms with van der Waals surface area (Å²) in [6.45, 7) is 4.95. The van der Waals surface area contributed by atoms with Gasteiger partial charge < -0.3 is 14.8 Å². The Morgan fingerprint density at radius 1 is 1.38 bits per heavy atom. The first-order valence-corrected chi connectivity index (χ1v) is 8.49. The molecule has 1 N–H and O–H groups in total. The quantitative estimate of drug-likeness (QED) is 0.874. The van der Waals surface area contributed by atoms with Crippen molar-refractivity contribution in [3.63, 3.8) is 0 Å². The Morgan fingerprint density at radius 3 is 2.90 bits per heavy atom. The van der Waals surface area contributed by atoms with Crippen LogP contribution in [0.25, 0.3) is 0 Å². The van der Waals surface area contributed by atoms with Crippen LogP contribution in [-0.2, 0) is 0 Å². The summed E-state index contributed by atoms with van der Waals surface area (Å²) < 4.78 is 2.18. The number of nitrogens with one attached hydrogen (secondary N) is 1. The second-order valence-corrected chi connectivity index (χ2v) is 6.43. The van der Waals surface area contributed by atoms with E-state index in [1.165, 1.54) is 32.1 Å². The number of hydrogen-bond acceptors (Lipinski definition) is 2. The third-order valence-electron chi connectivity index (χ3n) is 4.57. The number of nitrogens with zero attached hydrogens (tertiary/aromatic N) is 2. The summed E-state index contributed by atoms with van der Waals surface area (Å²) in [4.78, 5) is 15.0. The van der Waals surface area contributed by atoms with Crippen molar-refractivity contribution in [1.82, 2.24) is 14.8 Å². The summed E-state index contributed by atoms with van der Waals surface area (Å²) in [5.41, 5.74) is 0.877. The SMILES string of the molecule is CCCN(CC1CCCCN1)C(=O)c1cccn1C1CC1. The molecular weight excluding hydrogens is 262 g/mol. The lowest BCUT2D eigenvalue weighted by molar-refractivity contribution is 0.0720. The lowest BCUT2D eigenvalue weighted by Gasteiger charge is -2.30. The molecule has 1 aliphatic carbocycles. The third kappa shape index (κ3) is 3.49. The minimum atomic E-state index is 0.209. The first kappa shape index (κ1) is 14.6. The van der Waals surface area contributed by atoms with E-state index in [1.54, 1.807) is 0 Å². The predicted molar refractivity (Wildman–Crippen MR) is 84.5 cm³/mol. The molecule has 1 aliphatic heterocycles. The van der Waals surface area contributed by atoms with Gasteiger partial charge in [-0.05, 0) is 50.8 Å². The Labute approximate surface area is 127 Å². The van der Waals surface area contributed by atoms with Crippen LogP contribution in [0.3, 0.4) is 0 Å². The zero-order chi connectivity index (χ0) is 14.7. The summed E-state index contributed by atoms with van der Waals surface area (Å²) in [5.74, 6) is 0.209. The fourth-order valence-electron chi connectivity index (χ4n) is 3.30.